The minimum atomic E-state index is 0.508. The minimum Gasteiger partial charge on any atom is -0.309 e. The molecule has 0 amide bonds. The number of fused-ring (bicyclic) bond motifs is 6. The number of nitrogens with zero attached hydrogens (tertiary/aromatic N) is 4. The first-order chi connectivity index (χ1) is 29.1. The summed E-state index contributed by atoms with van der Waals surface area (Å²) < 4.78 is 4.78. The molecule has 0 bridgehead atoms. The van der Waals surface area contributed by atoms with E-state index < -0.39 is 0 Å². The predicted molar refractivity (Wildman–Crippen MR) is 256 cm³/mol. The summed E-state index contributed by atoms with van der Waals surface area (Å²) in [7, 11) is 0. The zero-order chi connectivity index (χ0) is 40.7. The number of allylic oxidation sites excluding steroid dienone is 5. The molecule has 0 saturated heterocycles. The monoisotopic (exact) mass is 764 g/mol. The van der Waals surface area contributed by atoms with E-state index >= 15 is 0 Å². The average molecular weight is 765 g/mol. The Labute approximate surface area is 347 Å². The van der Waals surface area contributed by atoms with Crippen molar-refractivity contribution in [3.05, 3.63) is 216 Å². The van der Waals surface area contributed by atoms with E-state index in [9.17, 15) is 0 Å². The van der Waals surface area contributed by atoms with Crippen LogP contribution in [0, 0.1) is 0 Å². The molecule has 0 spiro atoms. The molecule has 288 valence electrons. The highest BCUT2D eigenvalue weighted by Gasteiger charge is 2.18. The van der Waals surface area contributed by atoms with Gasteiger partial charge in [-0.25, -0.2) is 0 Å². The molecule has 0 unspecified atom stereocenters. The number of aromatic nitrogens is 2. The quantitative estimate of drug-likeness (QED) is 0.0982. The van der Waals surface area contributed by atoms with E-state index in [1.807, 2.05) is 26.8 Å². The van der Waals surface area contributed by atoms with Crippen molar-refractivity contribution >= 4 is 67.3 Å². The molecular formula is C55H48N4. The van der Waals surface area contributed by atoms with Crippen molar-refractivity contribution < 1.29 is 0 Å². The summed E-state index contributed by atoms with van der Waals surface area (Å²) in [6.45, 7) is 12.7. The van der Waals surface area contributed by atoms with Gasteiger partial charge >= 0.3 is 0 Å². The van der Waals surface area contributed by atoms with E-state index in [0.717, 1.165) is 67.1 Å². The molecule has 0 saturated carbocycles. The Kier molecular flexibility index (Phi) is 11.4. The SMILES string of the molecule is C=N/C(=C\C(=NCc1ccccc1)c1cc(-n2c3ccccc3c3ccccc32)cc(-n2c3ccccc3c3ccccc32)c1)c1ccc(C(/C=C\C)=C/C)cc1.CC. The number of para-hydroxylation sites is 4. The van der Waals surface area contributed by atoms with Gasteiger partial charge in [-0.05, 0) is 85.8 Å². The largest absolute Gasteiger partial charge is 0.309 e. The molecule has 0 N–H and O–H groups in total. The zero-order valence-corrected chi connectivity index (χ0v) is 34.2. The van der Waals surface area contributed by atoms with Gasteiger partial charge in [-0.2, -0.15) is 0 Å². The fraction of sp³-hybridized carbons (Fsp3) is 0.0909. The molecule has 4 nitrogen and oxygen atoms in total. The fourth-order valence-electron chi connectivity index (χ4n) is 8.10. The molecule has 7 aromatic carbocycles. The van der Waals surface area contributed by atoms with Crippen LogP contribution >= 0.6 is 0 Å². The van der Waals surface area contributed by atoms with Crippen molar-refractivity contribution in [2.24, 2.45) is 9.98 Å². The molecule has 0 aliphatic rings. The first-order valence-corrected chi connectivity index (χ1v) is 20.4. The predicted octanol–water partition coefficient (Wildman–Crippen LogP) is 14.6. The van der Waals surface area contributed by atoms with Crippen molar-refractivity contribution in [2.75, 3.05) is 0 Å². The molecule has 9 aromatic rings. The van der Waals surface area contributed by atoms with Crippen LogP contribution in [-0.2, 0) is 6.54 Å². The Bertz CT molecular complexity index is 2820. The van der Waals surface area contributed by atoms with Crippen LogP contribution in [0.5, 0.6) is 0 Å². The highest BCUT2D eigenvalue weighted by atomic mass is 15.0. The Morgan fingerprint density at radius 3 is 1.41 bits per heavy atom. The van der Waals surface area contributed by atoms with Crippen LogP contribution in [0.1, 0.15) is 49.9 Å². The first-order valence-electron chi connectivity index (χ1n) is 20.4. The number of aliphatic imine (C=N–C) groups is 2. The lowest BCUT2D eigenvalue weighted by atomic mass is 10.0. The lowest BCUT2D eigenvalue weighted by Gasteiger charge is -2.16. The maximum atomic E-state index is 5.37. The first kappa shape index (κ1) is 38.6. The van der Waals surface area contributed by atoms with Gasteiger partial charge in [0.2, 0.25) is 0 Å². The Morgan fingerprint density at radius 1 is 0.525 bits per heavy atom. The molecule has 2 heterocycles. The number of hydrogen-bond acceptors (Lipinski definition) is 2. The Morgan fingerprint density at radius 2 is 0.966 bits per heavy atom. The van der Waals surface area contributed by atoms with Gasteiger partial charge in [-0.3, -0.25) is 9.98 Å². The molecule has 0 aliphatic carbocycles. The van der Waals surface area contributed by atoms with Crippen LogP contribution in [0.25, 0.3) is 66.3 Å². The lowest BCUT2D eigenvalue weighted by molar-refractivity contribution is 1.07. The van der Waals surface area contributed by atoms with Gasteiger partial charge in [0.25, 0.3) is 0 Å². The van der Waals surface area contributed by atoms with Gasteiger partial charge in [0.15, 0.2) is 0 Å². The van der Waals surface area contributed by atoms with Crippen LogP contribution in [0.15, 0.2) is 204 Å². The van der Waals surface area contributed by atoms with Gasteiger partial charge in [-0.1, -0.05) is 159 Å². The van der Waals surface area contributed by atoms with Crippen LogP contribution in [0.3, 0.4) is 0 Å². The van der Waals surface area contributed by atoms with Crippen LogP contribution < -0.4 is 0 Å². The second-order valence-electron chi connectivity index (χ2n) is 14.2. The second kappa shape index (κ2) is 17.5. The lowest BCUT2D eigenvalue weighted by Crippen LogP contribution is -2.06. The summed E-state index contributed by atoms with van der Waals surface area (Å²) >= 11 is 0. The van der Waals surface area contributed by atoms with Crippen molar-refractivity contribution in [1.29, 1.82) is 0 Å². The smallest absolute Gasteiger partial charge is 0.0716 e. The van der Waals surface area contributed by atoms with Gasteiger partial charge < -0.3 is 9.13 Å². The van der Waals surface area contributed by atoms with Gasteiger partial charge in [-0.15, -0.1) is 0 Å². The maximum Gasteiger partial charge on any atom is 0.0716 e. The van der Waals surface area contributed by atoms with E-state index in [0.29, 0.717) is 6.54 Å². The van der Waals surface area contributed by atoms with E-state index in [4.69, 9.17) is 4.99 Å². The van der Waals surface area contributed by atoms with Crippen molar-refractivity contribution in [2.45, 2.75) is 34.2 Å². The standard InChI is InChI=1S/C53H42N4.C2H6/c1-4-17-38(5-2)39-28-30-40(31-29-39)48(54-3)35-49(55-36-37-18-7-6-8-19-37)41-32-42(56-50-24-13-9-20-44(50)45-21-10-14-25-51(45)56)34-43(33-41)57-52-26-15-11-22-46(52)47-23-12-16-27-53(47)57;1-2/h4-35H,3,36H2,1-2H3;1-2H3/b17-4-,38-5+,48-35-,55-49?;. The average Bonchev–Trinajstić information content (AvgIpc) is 3.82. The molecule has 4 heteroatoms. The normalized spacial score (nSPS) is 12.4. The molecule has 0 fully saturated rings. The summed E-state index contributed by atoms with van der Waals surface area (Å²) in [5.74, 6) is 0. The zero-order valence-electron chi connectivity index (χ0n) is 34.2. The van der Waals surface area contributed by atoms with Gasteiger partial charge in [0.1, 0.15) is 0 Å². The number of hydrogen-bond donors (Lipinski definition) is 0. The van der Waals surface area contributed by atoms with Crippen molar-refractivity contribution in [3.8, 4) is 11.4 Å². The van der Waals surface area contributed by atoms with E-state index in [2.05, 4.69) is 216 Å². The molecule has 9 rings (SSSR count). The molecule has 0 aliphatic heterocycles. The van der Waals surface area contributed by atoms with Crippen LogP contribution in [-0.4, -0.2) is 21.6 Å². The molecule has 59 heavy (non-hydrogen) atoms. The van der Waals surface area contributed by atoms with E-state index in [-0.39, 0.29) is 0 Å². The molecule has 2 aromatic heterocycles. The highest BCUT2D eigenvalue weighted by molar-refractivity contribution is 6.14. The van der Waals surface area contributed by atoms with Gasteiger partial charge in [0.05, 0.1) is 40.0 Å². The third-order valence-electron chi connectivity index (χ3n) is 10.8. The molecular weight excluding hydrogens is 717 g/mol. The molecule has 0 atom stereocenters. The number of benzene rings is 7. The topological polar surface area (TPSA) is 34.6 Å². The van der Waals surface area contributed by atoms with Crippen molar-refractivity contribution in [3.63, 3.8) is 0 Å². The fourth-order valence-corrected chi connectivity index (χ4v) is 8.10. The Balaban J connectivity index is 0.00000238. The third kappa shape index (κ3) is 7.49. The van der Waals surface area contributed by atoms with Crippen LogP contribution in [0.2, 0.25) is 0 Å². The third-order valence-corrected chi connectivity index (χ3v) is 10.8. The minimum absolute atomic E-state index is 0.508. The summed E-state index contributed by atoms with van der Waals surface area (Å²) in [5.41, 5.74) is 13.6. The summed E-state index contributed by atoms with van der Waals surface area (Å²) in [5, 5.41) is 4.86. The summed E-state index contributed by atoms with van der Waals surface area (Å²) in [6, 6.07) is 60.5. The van der Waals surface area contributed by atoms with Crippen molar-refractivity contribution in [1.82, 2.24) is 9.13 Å². The summed E-state index contributed by atoms with van der Waals surface area (Å²) in [6.07, 6.45) is 8.42. The Hall–Kier alpha value is -7.30. The highest BCUT2D eigenvalue weighted by Crippen LogP contribution is 2.36. The van der Waals surface area contributed by atoms with Gasteiger partial charge in [0, 0.05) is 44.0 Å². The molecule has 0 radical (unpaired) electrons. The van der Waals surface area contributed by atoms with E-state index in [1.165, 1.54) is 27.1 Å². The van der Waals surface area contributed by atoms with Crippen LogP contribution in [0.4, 0.5) is 0 Å². The second-order valence-corrected chi connectivity index (χ2v) is 14.2. The summed E-state index contributed by atoms with van der Waals surface area (Å²) in [4.78, 5) is 9.98. The number of rotatable bonds is 10. The maximum absolute atomic E-state index is 5.37. The van der Waals surface area contributed by atoms with E-state index in [1.54, 1.807) is 0 Å².